The molecule has 1 rings (SSSR count). The lowest BCUT2D eigenvalue weighted by molar-refractivity contribution is -0.116. The molecule has 0 saturated carbocycles. The summed E-state index contributed by atoms with van der Waals surface area (Å²) in [5, 5.41) is 20.2. The molecule has 0 bridgehead atoms. The highest BCUT2D eigenvalue weighted by molar-refractivity contribution is 6.00. The van der Waals surface area contributed by atoms with E-state index < -0.39 is 5.97 Å². The second kappa shape index (κ2) is 6.76. The van der Waals surface area contributed by atoms with Crippen LogP contribution in [0.5, 0.6) is 0 Å². The van der Waals surface area contributed by atoms with Crippen molar-refractivity contribution < 1.29 is 19.8 Å². The second-order valence-electron chi connectivity index (χ2n) is 3.91. The zero-order valence-electron chi connectivity index (χ0n) is 10.3. The van der Waals surface area contributed by atoms with Crippen molar-refractivity contribution in [2.24, 2.45) is 0 Å². The van der Waals surface area contributed by atoms with Gasteiger partial charge in [0, 0.05) is 13.0 Å². The number of aromatic carboxylic acids is 1. The maximum atomic E-state index is 11.5. The fraction of sp³-hybridized carbons (Fsp3) is 0.385. The van der Waals surface area contributed by atoms with Gasteiger partial charge in [0.05, 0.1) is 11.3 Å². The molecule has 0 heterocycles. The van der Waals surface area contributed by atoms with E-state index in [-0.39, 0.29) is 24.5 Å². The normalized spacial score (nSPS) is 10.1. The van der Waals surface area contributed by atoms with E-state index in [9.17, 15) is 9.59 Å². The van der Waals surface area contributed by atoms with Crippen LogP contribution >= 0.6 is 0 Å². The Balaban J connectivity index is 2.87. The molecule has 18 heavy (non-hydrogen) atoms. The first-order valence-corrected chi connectivity index (χ1v) is 5.85. The van der Waals surface area contributed by atoms with Gasteiger partial charge in [0.15, 0.2) is 0 Å². The first kappa shape index (κ1) is 14.2. The lowest BCUT2D eigenvalue weighted by Crippen LogP contribution is -2.15. The first-order valence-electron chi connectivity index (χ1n) is 5.85. The predicted octanol–water partition coefficient (Wildman–Crippen LogP) is 1.66. The Morgan fingerprint density at radius 2 is 2.06 bits per heavy atom. The smallest absolute Gasteiger partial charge is 0.337 e. The predicted molar refractivity (Wildman–Crippen MR) is 67.7 cm³/mol. The van der Waals surface area contributed by atoms with Gasteiger partial charge in [-0.3, -0.25) is 4.79 Å². The van der Waals surface area contributed by atoms with Crippen molar-refractivity contribution in [3.8, 4) is 0 Å². The number of nitrogens with one attached hydrogen (secondary N) is 1. The Morgan fingerprint density at radius 1 is 1.33 bits per heavy atom. The molecule has 1 amide bonds. The molecule has 0 saturated heterocycles. The zero-order valence-corrected chi connectivity index (χ0v) is 10.3. The minimum atomic E-state index is -1.07. The van der Waals surface area contributed by atoms with E-state index in [2.05, 4.69) is 5.32 Å². The van der Waals surface area contributed by atoms with E-state index in [1.807, 2.05) is 6.92 Å². The number of aliphatic hydroxyl groups excluding tert-OH is 1. The van der Waals surface area contributed by atoms with Crippen LogP contribution in [0.3, 0.4) is 0 Å². The molecule has 0 unspecified atom stereocenters. The van der Waals surface area contributed by atoms with Gasteiger partial charge in [0.2, 0.25) is 5.91 Å². The average Bonchev–Trinajstić information content (AvgIpc) is 2.36. The van der Waals surface area contributed by atoms with Gasteiger partial charge < -0.3 is 15.5 Å². The number of carbonyl (C=O) groups excluding carboxylic acids is 1. The molecule has 0 aromatic heterocycles. The molecule has 1 aromatic rings. The topological polar surface area (TPSA) is 86.6 Å². The number of carboxylic acid groups (broad SMARTS) is 1. The standard InChI is InChI=1S/C13H17NO4/c1-2-9-5-6-11(10(8-9)13(17)18)14-12(16)4-3-7-15/h5-6,8,15H,2-4,7H2,1H3,(H,14,16)(H,17,18). The highest BCUT2D eigenvalue weighted by Gasteiger charge is 2.12. The number of hydrogen-bond acceptors (Lipinski definition) is 3. The van der Waals surface area contributed by atoms with Crippen LogP contribution in [-0.4, -0.2) is 28.7 Å². The fourth-order valence-corrected chi connectivity index (χ4v) is 1.55. The molecule has 0 atom stereocenters. The Labute approximate surface area is 105 Å². The number of rotatable bonds is 6. The van der Waals surface area contributed by atoms with Crippen molar-refractivity contribution in [3.05, 3.63) is 29.3 Å². The van der Waals surface area contributed by atoms with E-state index in [0.29, 0.717) is 12.1 Å². The number of amides is 1. The number of anilines is 1. The van der Waals surface area contributed by atoms with Crippen molar-refractivity contribution in [2.75, 3.05) is 11.9 Å². The van der Waals surface area contributed by atoms with Crippen LogP contribution in [0.2, 0.25) is 0 Å². The fourth-order valence-electron chi connectivity index (χ4n) is 1.55. The van der Waals surface area contributed by atoms with E-state index in [1.165, 1.54) is 0 Å². The highest BCUT2D eigenvalue weighted by Crippen LogP contribution is 2.18. The van der Waals surface area contributed by atoms with Gasteiger partial charge in [0.1, 0.15) is 0 Å². The summed E-state index contributed by atoms with van der Waals surface area (Å²) >= 11 is 0. The van der Waals surface area contributed by atoms with Gasteiger partial charge in [0.25, 0.3) is 0 Å². The SMILES string of the molecule is CCc1ccc(NC(=O)CCCO)c(C(=O)O)c1. The molecule has 98 valence electrons. The van der Waals surface area contributed by atoms with E-state index in [4.69, 9.17) is 10.2 Å². The summed E-state index contributed by atoms with van der Waals surface area (Å²) in [5.41, 5.74) is 1.29. The maximum absolute atomic E-state index is 11.5. The van der Waals surface area contributed by atoms with Crippen molar-refractivity contribution >= 4 is 17.6 Å². The monoisotopic (exact) mass is 251 g/mol. The third-order valence-corrected chi connectivity index (χ3v) is 2.56. The van der Waals surface area contributed by atoms with Crippen LogP contribution in [0, 0.1) is 0 Å². The molecule has 5 heteroatoms. The van der Waals surface area contributed by atoms with Crippen LogP contribution in [0.4, 0.5) is 5.69 Å². The summed E-state index contributed by atoms with van der Waals surface area (Å²) in [5.74, 6) is -1.36. The number of benzene rings is 1. The lowest BCUT2D eigenvalue weighted by atomic mass is 10.1. The molecule has 0 aliphatic heterocycles. The minimum absolute atomic E-state index is 0.0615. The van der Waals surface area contributed by atoms with Crippen molar-refractivity contribution in [1.29, 1.82) is 0 Å². The van der Waals surface area contributed by atoms with Crippen molar-refractivity contribution in [3.63, 3.8) is 0 Å². The number of hydrogen-bond donors (Lipinski definition) is 3. The Hall–Kier alpha value is -1.88. The Bertz CT molecular complexity index is 443. The van der Waals surface area contributed by atoms with Crippen molar-refractivity contribution in [1.82, 2.24) is 0 Å². The molecule has 0 radical (unpaired) electrons. The van der Waals surface area contributed by atoms with Gasteiger partial charge in [-0.05, 0) is 30.5 Å². The molecular weight excluding hydrogens is 234 g/mol. The molecular formula is C13H17NO4. The summed E-state index contributed by atoms with van der Waals surface area (Å²) in [7, 11) is 0. The summed E-state index contributed by atoms with van der Waals surface area (Å²) < 4.78 is 0. The van der Waals surface area contributed by atoms with Gasteiger partial charge in [-0.25, -0.2) is 4.79 Å². The van der Waals surface area contributed by atoms with E-state index in [1.54, 1.807) is 18.2 Å². The van der Waals surface area contributed by atoms with Gasteiger partial charge in [-0.1, -0.05) is 13.0 Å². The van der Waals surface area contributed by atoms with Crippen molar-refractivity contribution in [2.45, 2.75) is 26.2 Å². The summed E-state index contributed by atoms with van der Waals surface area (Å²) in [4.78, 5) is 22.6. The lowest BCUT2D eigenvalue weighted by Gasteiger charge is -2.09. The number of aryl methyl sites for hydroxylation is 1. The van der Waals surface area contributed by atoms with Crippen LogP contribution in [0.15, 0.2) is 18.2 Å². The van der Waals surface area contributed by atoms with Crippen LogP contribution in [0.1, 0.15) is 35.7 Å². The number of aliphatic hydroxyl groups is 1. The van der Waals surface area contributed by atoms with Crippen LogP contribution in [0.25, 0.3) is 0 Å². The Kier molecular flexibility index (Phi) is 5.32. The van der Waals surface area contributed by atoms with Crippen LogP contribution < -0.4 is 5.32 Å². The maximum Gasteiger partial charge on any atom is 0.337 e. The Morgan fingerprint density at radius 3 is 2.61 bits per heavy atom. The van der Waals surface area contributed by atoms with Crippen LogP contribution in [-0.2, 0) is 11.2 Å². The minimum Gasteiger partial charge on any atom is -0.478 e. The van der Waals surface area contributed by atoms with E-state index >= 15 is 0 Å². The summed E-state index contributed by atoms with van der Waals surface area (Å²) in [6, 6.07) is 4.94. The highest BCUT2D eigenvalue weighted by atomic mass is 16.4. The first-order chi connectivity index (χ1) is 8.58. The quantitative estimate of drug-likeness (QED) is 0.717. The van der Waals surface area contributed by atoms with Gasteiger partial charge in [-0.2, -0.15) is 0 Å². The number of carboxylic acids is 1. The van der Waals surface area contributed by atoms with Gasteiger partial charge >= 0.3 is 5.97 Å². The molecule has 3 N–H and O–H groups in total. The molecule has 0 fully saturated rings. The third-order valence-electron chi connectivity index (χ3n) is 2.56. The summed E-state index contributed by atoms with van der Waals surface area (Å²) in [6.07, 6.45) is 1.27. The summed E-state index contributed by atoms with van der Waals surface area (Å²) in [6.45, 7) is 1.87. The second-order valence-corrected chi connectivity index (χ2v) is 3.91. The molecule has 1 aromatic carbocycles. The molecule has 0 aliphatic rings. The molecule has 0 aliphatic carbocycles. The molecule has 5 nitrogen and oxygen atoms in total. The largest absolute Gasteiger partial charge is 0.478 e. The molecule has 0 spiro atoms. The average molecular weight is 251 g/mol. The van der Waals surface area contributed by atoms with Gasteiger partial charge in [-0.15, -0.1) is 0 Å². The van der Waals surface area contributed by atoms with E-state index in [0.717, 1.165) is 12.0 Å². The number of carbonyl (C=O) groups is 2. The zero-order chi connectivity index (χ0) is 13.5. The third kappa shape index (κ3) is 3.85.